The summed E-state index contributed by atoms with van der Waals surface area (Å²) in [6.07, 6.45) is 3.55. The molecule has 0 aliphatic carbocycles. The quantitative estimate of drug-likeness (QED) is 0.297. The molecule has 194 valence electrons. The van der Waals surface area contributed by atoms with Gasteiger partial charge in [-0.05, 0) is 75.5 Å². The minimum atomic E-state index is -4.56. The summed E-state index contributed by atoms with van der Waals surface area (Å²) in [5, 5.41) is 13.8. The molecule has 0 saturated heterocycles. The number of aromatic nitrogens is 2. The Bertz CT molecular complexity index is 1410. The number of halogens is 4. The predicted octanol–water partition coefficient (Wildman–Crippen LogP) is 6.52. The molecular formula is C29H30F4N4. The number of terminal acetylenes is 1. The summed E-state index contributed by atoms with van der Waals surface area (Å²) >= 11 is 0. The van der Waals surface area contributed by atoms with Gasteiger partial charge in [-0.2, -0.15) is 23.5 Å². The average Bonchev–Trinajstić information content (AvgIpc) is 3.20. The summed E-state index contributed by atoms with van der Waals surface area (Å²) in [5.41, 5.74) is 0.504. The van der Waals surface area contributed by atoms with Crippen molar-refractivity contribution in [3.05, 3.63) is 71.3 Å². The fourth-order valence-electron chi connectivity index (χ4n) is 3.61. The Morgan fingerprint density at radius 3 is 2.30 bits per heavy atom. The Kier molecular flexibility index (Phi) is 9.67. The number of alkyl halides is 3. The molecule has 1 atom stereocenters. The fourth-order valence-corrected chi connectivity index (χ4v) is 3.61. The minimum absolute atomic E-state index is 0. The second kappa shape index (κ2) is 12.3. The molecule has 0 spiro atoms. The van der Waals surface area contributed by atoms with Crippen molar-refractivity contribution in [3.63, 3.8) is 0 Å². The third-order valence-corrected chi connectivity index (χ3v) is 5.55. The van der Waals surface area contributed by atoms with Crippen LogP contribution in [0, 0.1) is 46.7 Å². The van der Waals surface area contributed by atoms with Gasteiger partial charge in [0.1, 0.15) is 17.3 Å². The van der Waals surface area contributed by atoms with Gasteiger partial charge in [0.15, 0.2) is 5.69 Å². The molecule has 0 amide bonds. The Balaban J connectivity index is 0.00000135. The number of hydrogen-bond donors (Lipinski definition) is 0. The van der Waals surface area contributed by atoms with Gasteiger partial charge in [0.25, 0.3) is 0 Å². The van der Waals surface area contributed by atoms with E-state index >= 15 is 0 Å². The third kappa shape index (κ3) is 6.79. The topological polar surface area (TPSA) is 44.3 Å². The zero-order chi connectivity index (χ0) is 27.8. The highest BCUT2D eigenvalue weighted by Crippen LogP contribution is 2.46. The first-order valence-electron chi connectivity index (χ1n) is 11.4. The molecular weight excluding hydrogens is 480 g/mol. The summed E-state index contributed by atoms with van der Waals surface area (Å²) in [4.78, 5) is 2.00. The normalized spacial score (nSPS) is 13.0. The SMILES string of the molecule is C#CC(CC)(/C(C)=C/C#CCc1ccc2c(-c3ccc(F)cc3)c(C#N)nn2c1)C(F)(F)F.CN(C)C.[HH]. The number of hydrogen-bond acceptors (Lipinski definition) is 3. The fraction of sp³-hybridized carbons (Fsp3) is 0.310. The lowest BCUT2D eigenvalue weighted by Crippen LogP contribution is -2.37. The maximum atomic E-state index is 13.5. The molecule has 0 radical (unpaired) electrons. The lowest BCUT2D eigenvalue weighted by atomic mass is 9.78. The average molecular weight is 511 g/mol. The van der Waals surface area contributed by atoms with Crippen molar-refractivity contribution < 1.29 is 19.0 Å². The number of pyridine rings is 1. The molecule has 3 aromatic rings. The molecule has 4 nitrogen and oxygen atoms in total. The van der Waals surface area contributed by atoms with Crippen LogP contribution in [0.4, 0.5) is 17.6 Å². The van der Waals surface area contributed by atoms with Crippen LogP contribution in [0.5, 0.6) is 0 Å². The summed E-state index contributed by atoms with van der Waals surface area (Å²) < 4.78 is 55.2. The van der Waals surface area contributed by atoms with Gasteiger partial charge >= 0.3 is 6.18 Å². The molecule has 1 aromatic carbocycles. The minimum Gasteiger partial charge on any atom is -0.312 e. The van der Waals surface area contributed by atoms with Crippen molar-refractivity contribution >= 4 is 5.52 Å². The monoisotopic (exact) mass is 510 g/mol. The van der Waals surface area contributed by atoms with Gasteiger partial charge in [0.05, 0.1) is 5.52 Å². The van der Waals surface area contributed by atoms with Crippen LogP contribution in [0.3, 0.4) is 0 Å². The van der Waals surface area contributed by atoms with Crippen LogP contribution in [0.25, 0.3) is 16.6 Å². The lowest BCUT2D eigenvalue weighted by molar-refractivity contribution is -0.190. The van der Waals surface area contributed by atoms with E-state index in [1.165, 1.54) is 32.1 Å². The smallest absolute Gasteiger partial charge is 0.312 e. The van der Waals surface area contributed by atoms with E-state index in [-0.39, 0.29) is 31.4 Å². The van der Waals surface area contributed by atoms with Gasteiger partial charge < -0.3 is 4.90 Å². The summed E-state index contributed by atoms with van der Waals surface area (Å²) in [7, 11) is 6.00. The van der Waals surface area contributed by atoms with E-state index in [4.69, 9.17) is 6.42 Å². The van der Waals surface area contributed by atoms with Crippen LogP contribution in [0.15, 0.2) is 54.2 Å². The van der Waals surface area contributed by atoms with Crippen LogP contribution in [0.1, 0.15) is 33.0 Å². The second-order valence-corrected chi connectivity index (χ2v) is 8.78. The number of fused-ring (bicyclic) bond motifs is 1. The molecule has 2 heterocycles. The van der Waals surface area contributed by atoms with Gasteiger partial charge in [-0.25, -0.2) is 8.91 Å². The van der Waals surface area contributed by atoms with Gasteiger partial charge in [-0.1, -0.05) is 42.9 Å². The second-order valence-electron chi connectivity index (χ2n) is 8.78. The number of allylic oxidation sites excluding steroid dienone is 2. The number of nitrogens with zero attached hydrogens (tertiary/aromatic N) is 4. The van der Waals surface area contributed by atoms with Crippen molar-refractivity contribution in [1.29, 1.82) is 5.26 Å². The van der Waals surface area contributed by atoms with Gasteiger partial charge in [-0.15, -0.1) is 6.42 Å². The van der Waals surface area contributed by atoms with Gasteiger partial charge in [0.2, 0.25) is 0 Å². The van der Waals surface area contributed by atoms with Crippen molar-refractivity contribution in [1.82, 2.24) is 14.5 Å². The highest BCUT2D eigenvalue weighted by atomic mass is 19.4. The zero-order valence-electron chi connectivity index (χ0n) is 21.4. The summed E-state index contributed by atoms with van der Waals surface area (Å²) in [6, 6.07) is 11.4. The predicted molar refractivity (Wildman–Crippen MR) is 140 cm³/mol. The first kappa shape index (κ1) is 29.2. The third-order valence-electron chi connectivity index (χ3n) is 5.55. The first-order valence-corrected chi connectivity index (χ1v) is 11.4. The maximum Gasteiger partial charge on any atom is 0.408 e. The van der Waals surface area contributed by atoms with Crippen LogP contribution in [-0.4, -0.2) is 41.8 Å². The summed E-state index contributed by atoms with van der Waals surface area (Å²) in [6.45, 7) is 2.73. The Hall–Kier alpha value is -4.06. The number of benzene rings is 1. The van der Waals surface area contributed by atoms with E-state index in [0.717, 1.165) is 5.56 Å². The van der Waals surface area contributed by atoms with E-state index in [1.54, 1.807) is 35.0 Å². The van der Waals surface area contributed by atoms with Crippen molar-refractivity contribution in [2.75, 3.05) is 21.1 Å². The molecule has 1 unspecified atom stereocenters. The molecule has 8 heteroatoms. The highest BCUT2D eigenvalue weighted by Gasteiger charge is 2.53. The lowest BCUT2D eigenvalue weighted by Gasteiger charge is -2.30. The van der Waals surface area contributed by atoms with Crippen LogP contribution >= 0.6 is 0 Å². The number of rotatable bonds is 4. The molecule has 0 bridgehead atoms. The van der Waals surface area contributed by atoms with Crippen LogP contribution < -0.4 is 0 Å². The van der Waals surface area contributed by atoms with E-state index in [2.05, 4.69) is 23.0 Å². The Labute approximate surface area is 216 Å². The van der Waals surface area contributed by atoms with Gasteiger partial charge in [-0.3, -0.25) is 0 Å². The van der Waals surface area contributed by atoms with E-state index in [1.807, 2.05) is 32.0 Å². The maximum absolute atomic E-state index is 13.5. The zero-order valence-corrected chi connectivity index (χ0v) is 21.4. The highest BCUT2D eigenvalue weighted by molar-refractivity contribution is 5.84. The van der Waals surface area contributed by atoms with Crippen molar-refractivity contribution in [2.24, 2.45) is 5.41 Å². The molecule has 37 heavy (non-hydrogen) atoms. The molecule has 2 aromatic heterocycles. The molecule has 0 aliphatic heterocycles. The Morgan fingerprint density at radius 1 is 1.16 bits per heavy atom. The largest absolute Gasteiger partial charge is 0.408 e. The van der Waals surface area contributed by atoms with Crippen LogP contribution in [-0.2, 0) is 6.42 Å². The van der Waals surface area contributed by atoms with Gasteiger partial charge in [0, 0.05) is 19.6 Å². The molecule has 0 fully saturated rings. The van der Waals surface area contributed by atoms with Crippen molar-refractivity contribution in [2.45, 2.75) is 32.9 Å². The first-order chi connectivity index (χ1) is 17.4. The standard InChI is InChI=1S/C26H19F4N3.C3H9N.H2/c1-4-25(5-2,26(28,29)30)18(3)8-6-7-9-19-10-15-23-24(20-11-13-21(27)14-12-20)22(16-31)32-33(23)17-19;1-4(2)3;/h1,8,10-15,17H,5,9H2,2-3H3;1-3H3;1H/b18-8+;;. The van der Waals surface area contributed by atoms with E-state index in [0.29, 0.717) is 16.6 Å². The molecule has 0 saturated carbocycles. The molecule has 0 N–H and O–H groups in total. The summed E-state index contributed by atoms with van der Waals surface area (Å²) in [5.74, 6) is 7.01. The van der Waals surface area contributed by atoms with Crippen molar-refractivity contribution in [3.8, 4) is 41.4 Å². The Morgan fingerprint density at radius 2 is 1.78 bits per heavy atom. The number of nitriles is 1. The van der Waals surface area contributed by atoms with E-state index < -0.39 is 11.6 Å². The molecule has 0 aliphatic rings. The van der Waals surface area contributed by atoms with E-state index in [9.17, 15) is 22.8 Å². The molecule has 3 rings (SSSR count). The van der Waals surface area contributed by atoms with Crippen LogP contribution in [0.2, 0.25) is 0 Å².